The molecule has 3 aromatic heterocycles. The zero-order valence-electron chi connectivity index (χ0n) is 21.3. The van der Waals surface area contributed by atoms with Crippen molar-refractivity contribution in [1.29, 1.82) is 0 Å². The smallest absolute Gasteiger partial charge is 0.271 e. The first-order valence-electron chi connectivity index (χ1n) is 13.1. The highest BCUT2D eigenvalue weighted by molar-refractivity contribution is 7.19. The summed E-state index contributed by atoms with van der Waals surface area (Å²) in [6.07, 6.45) is 8.41. The van der Waals surface area contributed by atoms with Crippen molar-refractivity contribution in [2.45, 2.75) is 96.8 Å². The third kappa shape index (κ3) is 4.44. The maximum Gasteiger partial charge on any atom is 0.271 e. The second-order valence-corrected chi connectivity index (χ2v) is 11.9. The lowest BCUT2D eigenvalue weighted by atomic mass is 9.86. The number of carbonyl (C=O) groups excluding carboxylic acids is 2. The summed E-state index contributed by atoms with van der Waals surface area (Å²) in [5.74, 6) is 1.53. The molecule has 5 rings (SSSR count). The number of rotatable bonds is 7. The second kappa shape index (κ2) is 9.49. The van der Waals surface area contributed by atoms with E-state index in [0.717, 1.165) is 66.8 Å². The Bertz CT molecular complexity index is 1200. The van der Waals surface area contributed by atoms with E-state index in [4.69, 9.17) is 4.42 Å². The maximum absolute atomic E-state index is 14.0. The predicted molar refractivity (Wildman–Crippen MR) is 140 cm³/mol. The molecule has 35 heavy (non-hydrogen) atoms. The van der Waals surface area contributed by atoms with Gasteiger partial charge in [0.05, 0.1) is 23.0 Å². The van der Waals surface area contributed by atoms with Gasteiger partial charge in [0.15, 0.2) is 0 Å². The molecule has 3 aromatic rings. The van der Waals surface area contributed by atoms with Crippen LogP contribution in [0.1, 0.15) is 80.9 Å². The Morgan fingerprint density at radius 1 is 1.29 bits per heavy atom. The van der Waals surface area contributed by atoms with E-state index in [1.165, 1.54) is 4.88 Å². The van der Waals surface area contributed by atoms with Crippen LogP contribution in [0, 0.1) is 5.92 Å². The van der Waals surface area contributed by atoms with E-state index in [2.05, 4.69) is 36.7 Å². The van der Waals surface area contributed by atoms with Gasteiger partial charge in [0, 0.05) is 23.4 Å². The fraction of sp³-hybridized carbons (Fsp3) is 0.571. The number of hydrogen-bond acceptors (Lipinski definition) is 4. The SMILES string of the molecule is CCc1cc2c(cc3n2CC(C)(C(=O)NC2CCC(C)CC2)N(C(C)CCc2ccco2)C3=O)s1. The van der Waals surface area contributed by atoms with E-state index in [1.807, 2.05) is 30.0 Å². The number of furan rings is 1. The molecule has 1 aliphatic heterocycles. The van der Waals surface area contributed by atoms with Crippen molar-refractivity contribution in [3.63, 3.8) is 0 Å². The fourth-order valence-electron chi connectivity index (χ4n) is 5.89. The summed E-state index contributed by atoms with van der Waals surface area (Å²) in [6, 6.07) is 8.14. The van der Waals surface area contributed by atoms with Crippen LogP contribution in [0.25, 0.3) is 10.2 Å². The van der Waals surface area contributed by atoms with E-state index < -0.39 is 5.54 Å². The summed E-state index contributed by atoms with van der Waals surface area (Å²) in [5.41, 5.74) is 0.801. The van der Waals surface area contributed by atoms with E-state index in [9.17, 15) is 9.59 Å². The molecule has 1 saturated carbocycles. The molecular weight excluding hydrogens is 458 g/mol. The molecule has 188 valence electrons. The molecule has 6 nitrogen and oxygen atoms in total. The quantitative estimate of drug-likeness (QED) is 0.451. The summed E-state index contributed by atoms with van der Waals surface area (Å²) in [7, 11) is 0. The van der Waals surface area contributed by atoms with Crippen LogP contribution < -0.4 is 5.32 Å². The van der Waals surface area contributed by atoms with Crippen molar-refractivity contribution >= 4 is 33.4 Å². The Morgan fingerprint density at radius 3 is 2.74 bits per heavy atom. The number of thiophene rings is 1. The summed E-state index contributed by atoms with van der Waals surface area (Å²) in [5, 5.41) is 3.35. The van der Waals surface area contributed by atoms with Crippen LogP contribution in [0.5, 0.6) is 0 Å². The number of aryl methyl sites for hydroxylation is 2. The van der Waals surface area contributed by atoms with Gasteiger partial charge in [-0.15, -0.1) is 11.3 Å². The summed E-state index contributed by atoms with van der Waals surface area (Å²) in [4.78, 5) is 31.1. The Morgan fingerprint density at radius 2 is 2.06 bits per heavy atom. The van der Waals surface area contributed by atoms with Crippen molar-refractivity contribution in [2.75, 3.05) is 0 Å². The van der Waals surface area contributed by atoms with Gasteiger partial charge >= 0.3 is 0 Å². The van der Waals surface area contributed by atoms with Gasteiger partial charge in [0.2, 0.25) is 5.91 Å². The molecule has 0 radical (unpaired) electrons. The van der Waals surface area contributed by atoms with E-state index >= 15 is 0 Å². The molecule has 0 aromatic carbocycles. The molecule has 2 unspecified atom stereocenters. The molecular formula is C28H37N3O3S. The topological polar surface area (TPSA) is 67.5 Å². The minimum atomic E-state index is -0.962. The van der Waals surface area contributed by atoms with Crippen molar-refractivity contribution in [3.05, 3.63) is 46.9 Å². The van der Waals surface area contributed by atoms with Crippen LogP contribution in [0.15, 0.2) is 34.9 Å². The highest BCUT2D eigenvalue weighted by atomic mass is 32.1. The van der Waals surface area contributed by atoms with Crippen molar-refractivity contribution < 1.29 is 14.0 Å². The number of nitrogens with one attached hydrogen (secondary N) is 1. The largest absolute Gasteiger partial charge is 0.469 e. The van der Waals surface area contributed by atoms with Crippen LogP contribution in [0.3, 0.4) is 0 Å². The van der Waals surface area contributed by atoms with E-state index in [0.29, 0.717) is 12.2 Å². The second-order valence-electron chi connectivity index (χ2n) is 10.8. The first kappa shape index (κ1) is 24.2. The molecule has 0 spiro atoms. The van der Waals surface area contributed by atoms with Crippen LogP contribution in [0.2, 0.25) is 0 Å². The molecule has 0 bridgehead atoms. The number of carbonyl (C=O) groups is 2. The summed E-state index contributed by atoms with van der Waals surface area (Å²) in [6.45, 7) is 8.92. The Balaban J connectivity index is 1.47. The van der Waals surface area contributed by atoms with Crippen LogP contribution in [-0.2, 0) is 24.2 Å². The molecule has 0 saturated heterocycles. The maximum atomic E-state index is 14.0. The highest BCUT2D eigenvalue weighted by Gasteiger charge is 2.50. The number of amides is 2. The molecule has 2 atom stereocenters. The Hall–Kier alpha value is -2.54. The van der Waals surface area contributed by atoms with Gasteiger partial charge in [0.25, 0.3) is 5.91 Å². The van der Waals surface area contributed by atoms with Crippen LogP contribution >= 0.6 is 11.3 Å². The molecule has 2 amide bonds. The highest BCUT2D eigenvalue weighted by Crippen LogP contribution is 2.38. The van der Waals surface area contributed by atoms with Crippen molar-refractivity contribution in [3.8, 4) is 0 Å². The van der Waals surface area contributed by atoms with Crippen molar-refractivity contribution in [1.82, 2.24) is 14.8 Å². The molecule has 4 heterocycles. The lowest BCUT2D eigenvalue weighted by molar-refractivity contribution is -0.135. The van der Waals surface area contributed by atoms with Gasteiger partial charge in [-0.3, -0.25) is 9.59 Å². The van der Waals surface area contributed by atoms with E-state index in [-0.39, 0.29) is 23.9 Å². The summed E-state index contributed by atoms with van der Waals surface area (Å²) >= 11 is 1.74. The Kier molecular flexibility index (Phi) is 6.55. The minimum absolute atomic E-state index is 0.0336. The molecule has 1 N–H and O–H groups in total. The predicted octanol–water partition coefficient (Wildman–Crippen LogP) is 5.79. The van der Waals surface area contributed by atoms with Gasteiger partial charge < -0.3 is 19.2 Å². The van der Waals surface area contributed by atoms with Crippen molar-refractivity contribution in [2.24, 2.45) is 5.92 Å². The third-order valence-corrected chi connectivity index (χ3v) is 9.31. The first-order chi connectivity index (χ1) is 16.8. The lowest BCUT2D eigenvalue weighted by Gasteiger charge is -2.47. The van der Waals surface area contributed by atoms with Crippen LogP contribution in [0.4, 0.5) is 0 Å². The van der Waals surface area contributed by atoms with Gasteiger partial charge in [0.1, 0.15) is 17.0 Å². The minimum Gasteiger partial charge on any atom is -0.469 e. The zero-order valence-corrected chi connectivity index (χ0v) is 22.1. The average Bonchev–Trinajstić information content (AvgIpc) is 3.56. The number of aromatic nitrogens is 1. The molecule has 2 aliphatic rings. The fourth-order valence-corrected chi connectivity index (χ4v) is 6.94. The summed E-state index contributed by atoms with van der Waals surface area (Å²) < 4.78 is 8.74. The van der Waals surface area contributed by atoms with E-state index in [1.54, 1.807) is 17.6 Å². The average molecular weight is 496 g/mol. The molecule has 1 fully saturated rings. The lowest BCUT2D eigenvalue weighted by Crippen LogP contribution is -2.67. The monoisotopic (exact) mass is 495 g/mol. The van der Waals surface area contributed by atoms with Gasteiger partial charge in [-0.2, -0.15) is 0 Å². The molecule has 1 aliphatic carbocycles. The standard InChI is InChI=1S/C28H37N3O3S/c1-5-22-15-23-25(35-22)16-24-26(32)31(19(3)10-13-21-7-6-14-34-21)28(4,17-30(23)24)27(33)29-20-11-8-18(2)9-12-20/h6-7,14-16,18-20H,5,8-13,17H2,1-4H3,(H,29,33). The van der Waals surface area contributed by atoms with Gasteiger partial charge in [-0.1, -0.05) is 13.8 Å². The van der Waals surface area contributed by atoms with Gasteiger partial charge in [-0.25, -0.2) is 0 Å². The number of fused-ring (bicyclic) bond motifs is 3. The number of nitrogens with zero attached hydrogens (tertiary/aromatic N) is 2. The normalized spacial score (nSPS) is 25.6. The first-order valence-corrected chi connectivity index (χ1v) is 13.9. The number of hydrogen-bond donors (Lipinski definition) is 1. The zero-order chi connectivity index (χ0) is 24.7. The molecule has 7 heteroatoms. The van der Waals surface area contributed by atoms with Gasteiger partial charge in [-0.05, 0) is 82.6 Å². The Labute approximate surface area is 211 Å². The van der Waals surface area contributed by atoms with Crippen LogP contribution in [-0.4, -0.2) is 38.9 Å². The third-order valence-electron chi connectivity index (χ3n) is 8.09.